The second-order valence-electron chi connectivity index (χ2n) is 8.99. The van der Waals surface area contributed by atoms with Gasteiger partial charge in [0.2, 0.25) is 0 Å². The van der Waals surface area contributed by atoms with Gasteiger partial charge in [-0.3, -0.25) is 4.79 Å². The maximum absolute atomic E-state index is 13.2. The van der Waals surface area contributed by atoms with Gasteiger partial charge in [0.1, 0.15) is 23.9 Å². The van der Waals surface area contributed by atoms with Crippen LogP contribution in [0.3, 0.4) is 0 Å². The number of sulfone groups is 1. The van der Waals surface area contributed by atoms with Gasteiger partial charge in [0.25, 0.3) is 5.91 Å². The second kappa shape index (κ2) is 10.1. The van der Waals surface area contributed by atoms with Gasteiger partial charge in [0, 0.05) is 36.4 Å². The van der Waals surface area contributed by atoms with E-state index in [0.29, 0.717) is 53.7 Å². The number of anilines is 1. The van der Waals surface area contributed by atoms with E-state index in [1.54, 1.807) is 71.7 Å². The topological polar surface area (TPSA) is 112 Å². The molecular formula is C27H26N4O5S. The quantitative estimate of drug-likeness (QED) is 0.308. The molecule has 0 unspecified atom stereocenters. The van der Waals surface area contributed by atoms with Crippen LogP contribution in [0.25, 0.3) is 5.65 Å². The fourth-order valence-electron chi connectivity index (χ4n) is 3.68. The number of rotatable bonds is 9. The van der Waals surface area contributed by atoms with Crippen LogP contribution < -0.4 is 14.8 Å². The zero-order valence-electron chi connectivity index (χ0n) is 20.4. The lowest BCUT2D eigenvalue weighted by Gasteiger charge is -2.12. The Morgan fingerprint density at radius 3 is 2.43 bits per heavy atom. The normalized spacial score (nSPS) is 13.2. The summed E-state index contributed by atoms with van der Waals surface area (Å²) in [5, 5.41) is 2.52. The van der Waals surface area contributed by atoms with E-state index in [2.05, 4.69) is 15.3 Å². The monoisotopic (exact) mass is 518 g/mol. The number of amides is 1. The molecule has 1 aliphatic rings. The van der Waals surface area contributed by atoms with Gasteiger partial charge in [0.15, 0.2) is 21.3 Å². The molecule has 1 fully saturated rings. The standard InChI is InChI=1S/C27H26N4O5S/c1-18(2)9-14-35-21-15-19(27(32)30-25-26-29-11-13-31(26)12-10-28-25)16-22(17-21)36-20-3-5-23(6-4-20)37(33,34)24-7-8-24/h3-6,9-13,15-17,24H,7-8,14H2,1-2H3,(H,28,30,32). The number of benzene rings is 2. The molecule has 1 aliphatic carbocycles. The van der Waals surface area contributed by atoms with Crippen LogP contribution in [-0.4, -0.2) is 40.6 Å². The van der Waals surface area contributed by atoms with Crippen LogP contribution in [0, 0.1) is 0 Å². The molecule has 4 aromatic rings. The second-order valence-corrected chi connectivity index (χ2v) is 11.2. The number of nitrogens with zero attached hydrogens (tertiary/aromatic N) is 3. The molecule has 0 saturated heterocycles. The highest BCUT2D eigenvalue weighted by molar-refractivity contribution is 7.92. The number of ether oxygens (including phenoxy) is 2. The third-order valence-corrected chi connectivity index (χ3v) is 8.06. The average Bonchev–Trinajstić information content (AvgIpc) is 3.62. The van der Waals surface area contributed by atoms with E-state index in [4.69, 9.17) is 9.47 Å². The van der Waals surface area contributed by atoms with Crippen molar-refractivity contribution in [2.45, 2.75) is 36.8 Å². The first kappa shape index (κ1) is 24.5. The van der Waals surface area contributed by atoms with Crippen LogP contribution in [-0.2, 0) is 9.84 Å². The minimum Gasteiger partial charge on any atom is -0.489 e. The van der Waals surface area contributed by atoms with Gasteiger partial charge >= 0.3 is 0 Å². The summed E-state index contributed by atoms with van der Waals surface area (Å²) in [7, 11) is -3.29. The van der Waals surface area contributed by atoms with Crippen molar-refractivity contribution in [3.05, 3.63) is 84.5 Å². The van der Waals surface area contributed by atoms with Crippen molar-refractivity contribution in [2.24, 2.45) is 0 Å². The molecule has 9 nitrogen and oxygen atoms in total. The SMILES string of the molecule is CC(C)=CCOc1cc(Oc2ccc(S(=O)(=O)C3CC3)cc2)cc(C(=O)Nc2nccn3ccnc23)c1. The predicted octanol–water partition coefficient (Wildman–Crippen LogP) is 5.06. The fourth-order valence-corrected chi connectivity index (χ4v) is 5.33. The minimum absolute atomic E-state index is 0.280. The van der Waals surface area contributed by atoms with Crippen LogP contribution in [0.4, 0.5) is 5.82 Å². The highest BCUT2D eigenvalue weighted by Gasteiger charge is 2.36. The lowest BCUT2D eigenvalue weighted by atomic mass is 10.2. The lowest BCUT2D eigenvalue weighted by Crippen LogP contribution is -2.14. The maximum atomic E-state index is 13.2. The molecule has 2 heterocycles. The van der Waals surface area contributed by atoms with E-state index in [1.165, 1.54) is 0 Å². The number of carbonyl (C=O) groups excluding carboxylic acids is 1. The zero-order chi connectivity index (χ0) is 26.0. The molecule has 0 spiro atoms. The smallest absolute Gasteiger partial charge is 0.257 e. The summed E-state index contributed by atoms with van der Waals surface area (Å²) >= 11 is 0. The molecule has 0 radical (unpaired) electrons. The Bertz CT molecular complexity index is 1580. The Morgan fingerprint density at radius 2 is 1.73 bits per heavy atom. The molecule has 0 bridgehead atoms. The summed E-state index contributed by atoms with van der Waals surface area (Å²) in [4.78, 5) is 21.9. The van der Waals surface area contributed by atoms with Gasteiger partial charge in [-0.05, 0) is 69.2 Å². The number of imidazole rings is 1. The van der Waals surface area contributed by atoms with Gasteiger partial charge in [-0.15, -0.1) is 0 Å². The summed E-state index contributed by atoms with van der Waals surface area (Å²) in [5.41, 5.74) is 1.92. The fraction of sp³-hybridized carbons (Fsp3) is 0.222. The molecule has 1 saturated carbocycles. The summed E-state index contributed by atoms with van der Waals surface area (Å²) < 4.78 is 38.5. The summed E-state index contributed by atoms with van der Waals surface area (Å²) in [6, 6.07) is 11.2. The highest BCUT2D eigenvalue weighted by Crippen LogP contribution is 2.35. The predicted molar refractivity (Wildman–Crippen MR) is 139 cm³/mol. The third kappa shape index (κ3) is 5.64. The number of aromatic nitrogens is 3. The number of allylic oxidation sites excluding steroid dienone is 1. The van der Waals surface area contributed by atoms with Gasteiger partial charge in [-0.25, -0.2) is 18.4 Å². The summed E-state index contributed by atoms with van der Waals surface area (Å²) in [6.45, 7) is 4.27. The Morgan fingerprint density at radius 1 is 1.03 bits per heavy atom. The molecule has 5 rings (SSSR count). The van der Waals surface area contributed by atoms with Crippen molar-refractivity contribution in [1.82, 2.24) is 14.4 Å². The third-order valence-electron chi connectivity index (χ3n) is 5.78. The number of hydrogen-bond acceptors (Lipinski definition) is 7. The van der Waals surface area contributed by atoms with Gasteiger partial charge in [-0.1, -0.05) is 5.57 Å². The molecule has 1 amide bonds. The van der Waals surface area contributed by atoms with E-state index in [9.17, 15) is 13.2 Å². The van der Waals surface area contributed by atoms with Gasteiger partial charge < -0.3 is 19.2 Å². The van der Waals surface area contributed by atoms with Crippen molar-refractivity contribution in [2.75, 3.05) is 11.9 Å². The largest absolute Gasteiger partial charge is 0.489 e. The Kier molecular flexibility index (Phi) is 6.66. The molecule has 190 valence electrons. The first-order chi connectivity index (χ1) is 17.8. The Hall–Kier alpha value is -4.18. The van der Waals surface area contributed by atoms with E-state index >= 15 is 0 Å². The molecule has 2 aromatic carbocycles. The first-order valence-electron chi connectivity index (χ1n) is 11.8. The van der Waals surface area contributed by atoms with Crippen LogP contribution in [0.2, 0.25) is 0 Å². The van der Waals surface area contributed by atoms with Crippen molar-refractivity contribution in [3.8, 4) is 17.2 Å². The van der Waals surface area contributed by atoms with Gasteiger partial charge in [0.05, 0.1) is 10.1 Å². The van der Waals surface area contributed by atoms with Crippen LogP contribution in [0.5, 0.6) is 17.2 Å². The Labute approximate surface area is 214 Å². The zero-order valence-corrected chi connectivity index (χ0v) is 21.2. The van der Waals surface area contributed by atoms with Crippen molar-refractivity contribution >= 4 is 27.2 Å². The lowest BCUT2D eigenvalue weighted by molar-refractivity contribution is 0.102. The molecule has 0 atom stereocenters. The van der Waals surface area contributed by atoms with Crippen molar-refractivity contribution in [3.63, 3.8) is 0 Å². The van der Waals surface area contributed by atoms with Crippen LogP contribution in [0.15, 0.2) is 83.8 Å². The number of fused-ring (bicyclic) bond motifs is 1. The highest BCUT2D eigenvalue weighted by atomic mass is 32.2. The number of carbonyl (C=O) groups is 1. The minimum atomic E-state index is -3.29. The maximum Gasteiger partial charge on any atom is 0.257 e. The van der Waals surface area contributed by atoms with Crippen LogP contribution in [0.1, 0.15) is 37.0 Å². The summed E-state index contributed by atoms with van der Waals surface area (Å²) in [6.07, 6.45) is 10.0. The van der Waals surface area contributed by atoms with Crippen molar-refractivity contribution < 1.29 is 22.7 Å². The van der Waals surface area contributed by atoms with E-state index in [-0.39, 0.29) is 10.1 Å². The van der Waals surface area contributed by atoms with Crippen molar-refractivity contribution in [1.29, 1.82) is 0 Å². The number of hydrogen-bond donors (Lipinski definition) is 1. The molecule has 0 aliphatic heterocycles. The molecule has 37 heavy (non-hydrogen) atoms. The van der Waals surface area contributed by atoms with Crippen LogP contribution >= 0.6 is 0 Å². The number of nitrogens with one attached hydrogen (secondary N) is 1. The van der Waals surface area contributed by atoms with E-state index < -0.39 is 15.7 Å². The van der Waals surface area contributed by atoms with E-state index in [0.717, 1.165) is 5.57 Å². The molecule has 10 heteroatoms. The summed E-state index contributed by atoms with van der Waals surface area (Å²) in [5.74, 6) is 1.16. The average molecular weight is 519 g/mol. The van der Waals surface area contributed by atoms with E-state index in [1.807, 2.05) is 19.9 Å². The molecule has 1 N–H and O–H groups in total. The van der Waals surface area contributed by atoms with Gasteiger partial charge in [-0.2, -0.15) is 0 Å². The first-order valence-corrected chi connectivity index (χ1v) is 13.4. The Balaban J connectivity index is 1.40. The molecular weight excluding hydrogens is 492 g/mol. The molecule has 2 aromatic heterocycles.